The molecule has 0 aromatic rings. The van der Waals surface area contributed by atoms with Crippen molar-refractivity contribution in [3.05, 3.63) is 0 Å². The number of ether oxygens (including phenoxy) is 2. The van der Waals surface area contributed by atoms with E-state index in [1.165, 1.54) is 14.2 Å². The number of rotatable bonds is 6. The summed E-state index contributed by atoms with van der Waals surface area (Å²) in [5.41, 5.74) is 0. The van der Waals surface area contributed by atoms with Gasteiger partial charge in [-0.1, -0.05) is 0 Å². The molecular formula is C11H18N2O4. The Morgan fingerprint density at radius 3 is 1.76 bits per heavy atom. The van der Waals surface area contributed by atoms with Crippen LogP contribution in [-0.2, 0) is 19.1 Å². The van der Waals surface area contributed by atoms with E-state index in [2.05, 4.69) is 19.3 Å². The molecular weight excluding hydrogens is 224 g/mol. The van der Waals surface area contributed by atoms with E-state index >= 15 is 0 Å². The van der Waals surface area contributed by atoms with E-state index < -0.39 is 0 Å². The molecule has 0 aromatic heterocycles. The van der Waals surface area contributed by atoms with Gasteiger partial charge in [-0.3, -0.25) is 19.4 Å². The molecule has 0 saturated carbocycles. The number of hydrogen-bond acceptors (Lipinski definition) is 6. The standard InChI is InChI=1S/C11H18N2O4/c1-16-10(14)8-6-12(8)4-3-5-13-7-9(13)11(15)17-2/h8-9H,3-7H2,1-2H3/t8-,9+,12?,13?. The SMILES string of the molecule is COC(=O)[C@H]1CN1CCCN1C[C@H]1C(=O)OC. The lowest BCUT2D eigenvalue weighted by atomic mass is 10.4. The van der Waals surface area contributed by atoms with Gasteiger partial charge < -0.3 is 9.47 Å². The van der Waals surface area contributed by atoms with Crippen molar-refractivity contribution in [2.45, 2.75) is 18.5 Å². The number of nitrogens with zero attached hydrogens (tertiary/aromatic N) is 2. The number of carbonyl (C=O) groups excluding carboxylic acids is 2. The van der Waals surface area contributed by atoms with Gasteiger partial charge in [0.05, 0.1) is 14.2 Å². The van der Waals surface area contributed by atoms with Crippen LogP contribution in [-0.4, -0.2) is 74.2 Å². The lowest BCUT2D eigenvalue weighted by Gasteiger charge is -2.04. The monoisotopic (exact) mass is 242 g/mol. The predicted octanol–water partition coefficient (Wildman–Crippen LogP) is -0.909. The predicted molar refractivity (Wildman–Crippen MR) is 59.4 cm³/mol. The Morgan fingerprint density at radius 2 is 1.41 bits per heavy atom. The van der Waals surface area contributed by atoms with Crippen LogP contribution in [0, 0.1) is 0 Å². The van der Waals surface area contributed by atoms with Crippen molar-refractivity contribution in [1.82, 2.24) is 9.80 Å². The van der Waals surface area contributed by atoms with Crippen LogP contribution >= 0.6 is 0 Å². The first kappa shape index (κ1) is 12.3. The molecule has 17 heavy (non-hydrogen) atoms. The van der Waals surface area contributed by atoms with Crippen LogP contribution in [0.1, 0.15) is 6.42 Å². The Bertz CT molecular complexity index is 291. The summed E-state index contributed by atoms with van der Waals surface area (Å²) in [4.78, 5) is 26.4. The maximum absolute atomic E-state index is 11.1. The molecule has 0 aliphatic carbocycles. The number of hydrogen-bond donors (Lipinski definition) is 0. The lowest BCUT2D eigenvalue weighted by Crippen LogP contribution is -2.19. The Kier molecular flexibility index (Phi) is 3.63. The normalized spacial score (nSPS) is 34.0. The highest BCUT2D eigenvalue weighted by Gasteiger charge is 2.43. The van der Waals surface area contributed by atoms with Gasteiger partial charge in [0.1, 0.15) is 12.1 Å². The zero-order valence-electron chi connectivity index (χ0n) is 10.2. The highest BCUT2D eigenvalue weighted by atomic mass is 16.5. The third-order valence-electron chi connectivity index (χ3n) is 3.27. The van der Waals surface area contributed by atoms with Crippen molar-refractivity contribution in [3.63, 3.8) is 0 Å². The molecule has 4 atom stereocenters. The Morgan fingerprint density at radius 1 is 1.00 bits per heavy atom. The van der Waals surface area contributed by atoms with Crippen molar-refractivity contribution in [2.75, 3.05) is 40.4 Å². The van der Waals surface area contributed by atoms with Crippen LogP contribution in [0.5, 0.6) is 0 Å². The van der Waals surface area contributed by atoms with Crippen LogP contribution in [0.4, 0.5) is 0 Å². The van der Waals surface area contributed by atoms with E-state index in [0.29, 0.717) is 0 Å². The number of carbonyl (C=O) groups is 2. The summed E-state index contributed by atoms with van der Waals surface area (Å²) in [6.45, 7) is 3.36. The van der Waals surface area contributed by atoms with E-state index in [1.54, 1.807) is 0 Å². The van der Waals surface area contributed by atoms with Crippen LogP contribution in [0.3, 0.4) is 0 Å². The summed E-state index contributed by atoms with van der Waals surface area (Å²) >= 11 is 0. The zero-order valence-corrected chi connectivity index (χ0v) is 10.2. The van der Waals surface area contributed by atoms with Gasteiger partial charge >= 0.3 is 11.9 Å². The van der Waals surface area contributed by atoms with Gasteiger partial charge in [-0.05, 0) is 6.42 Å². The molecule has 2 fully saturated rings. The molecule has 6 heteroatoms. The molecule has 0 spiro atoms. The van der Waals surface area contributed by atoms with Crippen molar-refractivity contribution in [2.24, 2.45) is 0 Å². The van der Waals surface area contributed by atoms with E-state index in [9.17, 15) is 9.59 Å². The number of esters is 2. The molecule has 96 valence electrons. The fourth-order valence-electron chi connectivity index (χ4n) is 2.04. The van der Waals surface area contributed by atoms with Crippen molar-refractivity contribution < 1.29 is 19.1 Å². The largest absolute Gasteiger partial charge is 0.468 e. The van der Waals surface area contributed by atoms with Crippen molar-refractivity contribution in [1.29, 1.82) is 0 Å². The van der Waals surface area contributed by atoms with E-state index in [4.69, 9.17) is 0 Å². The van der Waals surface area contributed by atoms with Gasteiger partial charge in [-0.2, -0.15) is 0 Å². The molecule has 0 aromatic carbocycles. The van der Waals surface area contributed by atoms with Gasteiger partial charge in [0.15, 0.2) is 0 Å². The maximum atomic E-state index is 11.1. The van der Waals surface area contributed by atoms with Crippen LogP contribution in [0.15, 0.2) is 0 Å². The second-order valence-corrected chi connectivity index (χ2v) is 4.42. The van der Waals surface area contributed by atoms with Gasteiger partial charge in [0, 0.05) is 26.2 Å². The first-order valence-electron chi connectivity index (χ1n) is 5.81. The topological polar surface area (TPSA) is 58.6 Å². The minimum atomic E-state index is -0.149. The van der Waals surface area contributed by atoms with Crippen LogP contribution in [0.2, 0.25) is 0 Å². The molecule has 2 aliphatic rings. The average molecular weight is 242 g/mol. The summed E-state index contributed by atoms with van der Waals surface area (Å²) in [5.74, 6) is -0.298. The highest BCUT2D eigenvalue weighted by molar-refractivity contribution is 5.79. The quantitative estimate of drug-likeness (QED) is 0.444. The van der Waals surface area contributed by atoms with Gasteiger partial charge in [-0.15, -0.1) is 0 Å². The molecule has 6 nitrogen and oxygen atoms in total. The summed E-state index contributed by atoms with van der Waals surface area (Å²) in [6, 6.07) is -0.0729. The molecule has 0 radical (unpaired) electrons. The molecule has 2 heterocycles. The summed E-state index contributed by atoms with van der Waals surface area (Å²) in [6.07, 6.45) is 0.959. The summed E-state index contributed by atoms with van der Waals surface area (Å²) < 4.78 is 9.31. The molecule has 0 bridgehead atoms. The second-order valence-electron chi connectivity index (χ2n) is 4.42. The third kappa shape index (κ3) is 2.95. The highest BCUT2D eigenvalue weighted by Crippen LogP contribution is 2.21. The molecule has 2 unspecified atom stereocenters. The first-order chi connectivity index (χ1) is 8.17. The van der Waals surface area contributed by atoms with Gasteiger partial charge in [0.2, 0.25) is 0 Å². The molecule has 2 saturated heterocycles. The minimum Gasteiger partial charge on any atom is -0.468 e. The Labute approximate surface area is 100 Å². The summed E-state index contributed by atoms with van der Waals surface area (Å²) in [5, 5.41) is 0. The molecule has 0 N–H and O–H groups in total. The average Bonchev–Trinajstić information content (AvgIpc) is 3.22. The van der Waals surface area contributed by atoms with Gasteiger partial charge in [0.25, 0.3) is 0 Å². The second kappa shape index (κ2) is 5.01. The summed E-state index contributed by atoms with van der Waals surface area (Å²) in [7, 11) is 2.82. The smallest absolute Gasteiger partial charge is 0.324 e. The van der Waals surface area contributed by atoms with E-state index in [-0.39, 0.29) is 24.0 Å². The molecule has 2 rings (SSSR count). The zero-order chi connectivity index (χ0) is 12.4. The van der Waals surface area contributed by atoms with Crippen molar-refractivity contribution >= 4 is 11.9 Å². The van der Waals surface area contributed by atoms with E-state index in [0.717, 1.165) is 32.6 Å². The Balaban J connectivity index is 1.54. The lowest BCUT2D eigenvalue weighted by molar-refractivity contribution is -0.141. The van der Waals surface area contributed by atoms with Gasteiger partial charge in [-0.25, -0.2) is 0 Å². The number of methoxy groups -OCH3 is 2. The third-order valence-corrected chi connectivity index (χ3v) is 3.27. The Hall–Kier alpha value is -1.14. The molecule has 2 aliphatic heterocycles. The molecule has 0 amide bonds. The van der Waals surface area contributed by atoms with Crippen LogP contribution in [0.25, 0.3) is 0 Å². The fraction of sp³-hybridized carbons (Fsp3) is 0.818. The first-order valence-corrected chi connectivity index (χ1v) is 5.81. The maximum Gasteiger partial charge on any atom is 0.324 e. The minimum absolute atomic E-state index is 0.0365. The van der Waals surface area contributed by atoms with E-state index in [1.807, 2.05) is 0 Å². The van der Waals surface area contributed by atoms with Crippen LogP contribution < -0.4 is 0 Å². The van der Waals surface area contributed by atoms with Crippen molar-refractivity contribution in [3.8, 4) is 0 Å². The fourth-order valence-corrected chi connectivity index (χ4v) is 2.04.